The fourth-order valence-electron chi connectivity index (χ4n) is 2.34. The van der Waals surface area contributed by atoms with E-state index in [1.54, 1.807) is 0 Å². The Balaban J connectivity index is 1.73. The van der Waals surface area contributed by atoms with Gasteiger partial charge in [-0.1, -0.05) is 6.92 Å². The van der Waals surface area contributed by atoms with Crippen LogP contribution in [0.4, 0.5) is 0 Å². The molecule has 3 heteroatoms. The first-order valence-electron chi connectivity index (χ1n) is 5.59. The molecule has 0 N–H and O–H groups in total. The van der Waals surface area contributed by atoms with Crippen molar-refractivity contribution in [3.05, 3.63) is 21.9 Å². The molecule has 0 radical (unpaired) electrons. The zero-order valence-corrected chi connectivity index (χ0v) is 9.72. The third kappa shape index (κ3) is 1.59. The van der Waals surface area contributed by atoms with Crippen molar-refractivity contribution >= 4 is 17.2 Å². The second-order valence-corrected chi connectivity index (χ2v) is 5.70. The third-order valence-corrected chi connectivity index (χ3v) is 4.57. The van der Waals surface area contributed by atoms with Gasteiger partial charge in [-0.05, 0) is 35.8 Å². The highest BCUT2D eigenvalue weighted by molar-refractivity contribution is 7.10. The average Bonchev–Trinajstić information content (AvgIpc) is 2.80. The number of thiophene rings is 1. The number of hydrogen-bond donors (Lipinski definition) is 0. The van der Waals surface area contributed by atoms with Gasteiger partial charge in [-0.2, -0.15) is 0 Å². The van der Waals surface area contributed by atoms with Crippen LogP contribution in [-0.2, 0) is 17.8 Å². The van der Waals surface area contributed by atoms with Crippen molar-refractivity contribution in [2.45, 2.75) is 26.3 Å². The Morgan fingerprint density at radius 2 is 2.40 bits per heavy atom. The molecule has 1 fully saturated rings. The Labute approximate surface area is 93.9 Å². The van der Waals surface area contributed by atoms with Gasteiger partial charge in [-0.25, -0.2) is 0 Å². The molecule has 15 heavy (non-hydrogen) atoms. The molecule has 2 aliphatic rings. The lowest BCUT2D eigenvalue weighted by atomic mass is 10.1. The summed E-state index contributed by atoms with van der Waals surface area (Å²) in [6.45, 7) is 3.94. The van der Waals surface area contributed by atoms with Crippen LogP contribution in [0.15, 0.2) is 11.4 Å². The minimum absolute atomic E-state index is 0.338. The van der Waals surface area contributed by atoms with Crippen molar-refractivity contribution in [2.24, 2.45) is 11.8 Å². The SMILES string of the molecule is CC1CC1C(=O)N1CCc2sccc2C1. The number of nitrogens with zero attached hydrogens (tertiary/aromatic N) is 1. The van der Waals surface area contributed by atoms with Gasteiger partial charge in [0.25, 0.3) is 0 Å². The fraction of sp³-hybridized carbons (Fsp3) is 0.583. The molecule has 1 aromatic heterocycles. The smallest absolute Gasteiger partial charge is 0.226 e. The lowest BCUT2D eigenvalue weighted by Gasteiger charge is -2.27. The summed E-state index contributed by atoms with van der Waals surface area (Å²) in [6, 6.07) is 2.16. The van der Waals surface area contributed by atoms with Gasteiger partial charge in [0.2, 0.25) is 5.91 Å². The van der Waals surface area contributed by atoms with Crippen molar-refractivity contribution in [3.63, 3.8) is 0 Å². The van der Waals surface area contributed by atoms with E-state index in [2.05, 4.69) is 18.4 Å². The maximum atomic E-state index is 12.0. The Bertz CT molecular complexity index is 398. The zero-order valence-electron chi connectivity index (χ0n) is 8.90. The molecular formula is C12H15NOS. The Kier molecular flexibility index (Phi) is 2.09. The van der Waals surface area contributed by atoms with Crippen molar-refractivity contribution in [1.82, 2.24) is 4.90 Å². The number of carbonyl (C=O) groups is 1. The van der Waals surface area contributed by atoms with Crippen molar-refractivity contribution in [2.75, 3.05) is 6.54 Å². The standard InChI is InChI=1S/C12H15NOS/c1-8-6-10(8)12(14)13-4-2-11-9(7-13)3-5-15-11/h3,5,8,10H,2,4,6-7H2,1H3. The highest BCUT2D eigenvalue weighted by Crippen LogP contribution is 2.40. The first kappa shape index (κ1) is 9.40. The van der Waals surface area contributed by atoms with Crippen LogP contribution in [-0.4, -0.2) is 17.4 Å². The topological polar surface area (TPSA) is 20.3 Å². The van der Waals surface area contributed by atoms with E-state index >= 15 is 0 Å². The summed E-state index contributed by atoms with van der Waals surface area (Å²) in [5, 5.41) is 2.14. The monoisotopic (exact) mass is 221 g/mol. The van der Waals surface area contributed by atoms with Crippen LogP contribution in [0.25, 0.3) is 0 Å². The highest BCUT2D eigenvalue weighted by atomic mass is 32.1. The van der Waals surface area contributed by atoms with E-state index in [0.29, 0.717) is 17.7 Å². The van der Waals surface area contributed by atoms with Crippen molar-refractivity contribution < 1.29 is 4.79 Å². The Morgan fingerprint density at radius 3 is 3.13 bits per heavy atom. The lowest BCUT2D eigenvalue weighted by molar-refractivity contribution is -0.133. The van der Waals surface area contributed by atoms with Gasteiger partial charge in [0.15, 0.2) is 0 Å². The van der Waals surface area contributed by atoms with E-state index in [9.17, 15) is 4.79 Å². The quantitative estimate of drug-likeness (QED) is 0.712. The van der Waals surface area contributed by atoms with Gasteiger partial charge in [-0.3, -0.25) is 4.79 Å². The molecular weight excluding hydrogens is 206 g/mol. The summed E-state index contributed by atoms with van der Waals surface area (Å²) < 4.78 is 0. The van der Waals surface area contributed by atoms with E-state index in [0.717, 1.165) is 25.9 Å². The maximum absolute atomic E-state index is 12.0. The van der Waals surface area contributed by atoms with Crippen LogP contribution in [0.3, 0.4) is 0 Å². The molecule has 3 rings (SSSR count). The second-order valence-electron chi connectivity index (χ2n) is 4.70. The number of carbonyl (C=O) groups excluding carboxylic acids is 1. The minimum atomic E-state index is 0.338. The number of hydrogen-bond acceptors (Lipinski definition) is 2. The summed E-state index contributed by atoms with van der Waals surface area (Å²) in [5.41, 5.74) is 1.37. The molecule has 0 spiro atoms. The predicted octanol–water partition coefficient (Wildman–Crippen LogP) is 2.29. The summed E-state index contributed by atoms with van der Waals surface area (Å²) in [6.07, 6.45) is 2.16. The lowest BCUT2D eigenvalue weighted by Crippen LogP contribution is -2.36. The van der Waals surface area contributed by atoms with Crippen molar-refractivity contribution in [1.29, 1.82) is 0 Å². The van der Waals surface area contributed by atoms with E-state index in [1.165, 1.54) is 10.4 Å². The van der Waals surface area contributed by atoms with Crippen LogP contribution in [0.2, 0.25) is 0 Å². The van der Waals surface area contributed by atoms with Crippen LogP contribution in [0.5, 0.6) is 0 Å². The molecule has 1 amide bonds. The summed E-state index contributed by atoms with van der Waals surface area (Å²) in [7, 11) is 0. The number of rotatable bonds is 1. The average molecular weight is 221 g/mol. The van der Waals surface area contributed by atoms with Crippen molar-refractivity contribution in [3.8, 4) is 0 Å². The summed E-state index contributed by atoms with van der Waals surface area (Å²) >= 11 is 1.83. The summed E-state index contributed by atoms with van der Waals surface area (Å²) in [4.78, 5) is 15.6. The maximum Gasteiger partial charge on any atom is 0.226 e. The van der Waals surface area contributed by atoms with E-state index < -0.39 is 0 Å². The molecule has 1 aromatic rings. The Morgan fingerprint density at radius 1 is 1.60 bits per heavy atom. The number of amides is 1. The van der Waals surface area contributed by atoms with E-state index in [-0.39, 0.29) is 0 Å². The van der Waals surface area contributed by atoms with Gasteiger partial charge in [0, 0.05) is 23.9 Å². The normalized spacial score (nSPS) is 28.7. The molecule has 2 nitrogen and oxygen atoms in total. The van der Waals surface area contributed by atoms with Crippen LogP contribution < -0.4 is 0 Å². The zero-order chi connectivity index (χ0) is 10.4. The molecule has 80 valence electrons. The van der Waals surface area contributed by atoms with Gasteiger partial charge < -0.3 is 4.90 Å². The molecule has 1 aliphatic heterocycles. The molecule has 2 atom stereocenters. The third-order valence-electron chi connectivity index (χ3n) is 3.55. The Hall–Kier alpha value is -0.830. The van der Waals surface area contributed by atoms with Gasteiger partial charge in [0.1, 0.15) is 0 Å². The van der Waals surface area contributed by atoms with Gasteiger partial charge >= 0.3 is 0 Å². The molecule has 2 unspecified atom stereocenters. The minimum Gasteiger partial charge on any atom is -0.338 e. The first-order chi connectivity index (χ1) is 7.25. The first-order valence-corrected chi connectivity index (χ1v) is 6.47. The predicted molar refractivity (Wildman–Crippen MR) is 60.7 cm³/mol. The molecule has 1 saturated carbocycles. The molecule has 0 bridgehead atoms. The van der Waals surface area contributed by atoms with E-state index in [4.69, 9.17) is 0 Å². The van der Waals surface area contributed by atoms with Crippen LogP contribution in [0, 0.1) is 11.8 Å². The van der Waals surface area contributed by atoms with Crippen LogP contribution in [0.1, 0.15) is 23.8 Å². The highest BCUT2D eigenvalue weighted by Gasteiger charge is 2.41. The van der Waals surface area contributed by atoms with Gasteiger partial charge in [-0.15, -0.1) is 11.3 Å². The molecule has 0 aromatic carbocycles. The van der Waals surface area contributed by atoms with Gasteiger partial charge in [0.05, 0.1) is 0 Å². The second kappa shape index (κ2) is 3.34. The summed E-state index contributed by atoms with van der Waals surface area (Å²) in [5.74, 6) is 1.35. The number of fused-ring (bicyclic) bond motifs is 1. The van der Waals surface area contributed by atoms with E-state index in [1.807, 2.05) is 16.2 Å². The molecule has 0 saturated heterocycles. The van der Waals surface area contributed by atoms with Crippen LogP contribution >= 0.6 is 11.3 Å². The molecule has 1 aliphatic carbocycles. The molecule has 2 heterocycles. The fourth-order valence-corrected chi connectivity index (χ4v) is 3.23. The largest absolute Gasteiger partial charge is 0.338 e.